The van der Waals surface area contributed by atoms with E-state index in [2.05, 4.69) is 5.32 Å². The lowest BCUT2D eigenvalue weighted by molar-refractivity contribution is -0.123. The second-order valence-electron chi connectivity index (χ2n) is 5.37. The Morgan fingerprint density at radius 1 is 1.16 bits per heavy atom. The molecule has 1 aromatic heterocycles. The monoisotopic (exact) mass is 370 g/mol. The number of para-hydroxylation sites is 1. The minimum atomic E-state index is -4.50. The van der Waals surface area contributed by atoms with Gasteiger partial charge in [0.05, 0.1) is 16.1 Å². The van der Waals surface area contributed by atoms with Gasteiger partial charge in [0.25, 0.3) is 11.8 Å². The lowest BCUT2D eigenvalue weighted by Gasteiger charge is -2.12. The number of benzene rings is 1. The van der Waals surface area contributed by atoms with E-state index in [1.54, 1.807) is 17.4 Å². The van der Waals surface area contributed by atoms with Crippen LogP contribution >= 0.6 is 11.3 Å². The first-order chi connectivity index (χ1) is 11.7. The van der Waals surface area contributed by atoms with Crippen LogP contribution in [-0.2, 0) is 6.42 Å². The Kier molecular flexibility index (Phi) is 5.84. The molecule has 0 aliphatic rings. The summed E-state index contributed by atoms with van der Waals surface area (Å²) >= 11 is 1.35. The van der Waals surface area contributed by atoms with Crippen molar-refractivity contribution in [3.63, 3.8) is 0 Å². The van der Waals surface area contributed by atoms with E-state index in [-0.39, 0.29) is 11.3 Å². The zero-order chi connectivity index (χ0) is 18.6. The summed E-state index contributed by atoms with van der Waals surface area (Å²) in [6, 6.07) is 7.70. The van der Waals surface area contributed by atoms with Crippen LogP contribution in [0.25, 0.3) is 0 Å². The van der Waals surface area contributed by atoms with Gasteiger partial charge in [-0.05, 0) is 37.1 Å². The Bertz CT molecular complexity index is 784. The summed E-state index contributed by atoms with van der Waals surface area (Å²) in [4.78, 5) is 25.9. The van der Waals surface area contributed by atoms with Gasteiger partial charge >= 0.3 is 6.18 Å². The van der Waals surface area contributed by atoms with Crippen molar-refractivity contribution in [2.24, 2.45) is 0 Å². The van der Waals surface area contributed by atoms with Crippen molar-refractivity contribution in [3.05, 3.63) is 51.2 Å². The normalized spacial score (nSPS) is 11.2. The number of halogens is 3. The number of anilines is 1. The molecule has 2 rings (SSSR count). The van der Waals surface area contributed by atoms with Crippen LogP contribution in [0.15, 0.2) is 30.3 Å². The Labute approximate surface area is 147 Å². The maximum atomic E-state index is 12.4. The molecule has 4 nitrogen and oxygen atoms in total. The summed E-state index contributed by atoms with van der Waals surface area (Å²) in [5, 5.41) is 4.40. The molecule has 2 aromatic rings. The molecular weight excluding hydrogens is 353 g/mol. The highest BCUT2D eigenvalue weighted by molar-refractivity contribution is 7.14. The molecule has 0 saturated carbocycles. The van der Waals surface area contributed by atoms with E-state index in [9.17, 15) is 22.8 Å². The summed E-state index contributed by atoms with van der Waals surface area (Å²) in [5.41, 5.74) is 1.15. The molecule has 0 unspecified atom stereocenters. The van der Waals surface area contributed by atoms with Crippen LogP contribution in [0.2, 0.25) is 0 Å². The predicted octanol–water partition coefficient (Wildman–Crippen LogP) is 4.16. The number of carbonyl (C=O) groups excluding carboxylic acids is 2. The highest BCUT2D eigenvalue weighted by Crippen LogP contribution is 2.24. The van der Waals surface area contributed by atoms with Gasteiger partial charge < -0.3 is 10.6 Å². The third kappa shape index (κ3) is 5.06. The van der Waals surface area contributed by atoms with E-state index in [1.807, 2.05) is 13.8 Å². The highest BCUT2D eigenvalue weighted by Gasteiger charge is 2.28. The van der Waals surface area contributed by atoms with Crippen molar-refractivity contribution in [3.8, 4) is 0 Å². The SMILES string of the molecule is CCc1sc(C(=O)Nc2ccccc2C(=O)NCC(F)(F)F)cc1C. The average Bonchev–Trinajstić information content (AvgIpc) is 2.93. The van der Waals surface area contributed by atoms with Gasteiger partial charge in [0.15, 0.2) is 0 Å². The van der Waals surface area contributed by atoms with Gasteiger partial charge in [-0.25, -0.2) is 0 Å². The summed E-state index contributed by atoms with van der Waals surface area (Å²) in [7, 11) is 0. The third-order valence-electron chi connectivity index (χ3n) is 3.43. The molecule has 0 spiro atoms. The fraction of sp³-hybridized carbons (Fsp3) is 0.294. The van der Waals surface area contributed by atoms with Gasteiger partial charge in [-0.15, -0.1) is 11.3 Å². The first kappa shape index (κ1) is 19.0. The first-order valence-electron chi connectivity index (χ1n) is 7.56. The first-order valence-corrected chi connectivity index (χ1v) is 8.37. The van der Waals surface area contributed by atoms with Crippen LogP contribution in [-0.4, -0.2) is 24.5 Å². The van der Waals surface area contributed by atoms with Gasteiger partial charge in [-0.1, -0.05) is 19.1 Å². The molecule has 8 heteroatoms. The maximum Gasteiger partial charge on any atom is 0.405 e. The van der Waals surface area contributed by atoms with Gasteiger partial charge in [0.2, 0.25) is 0 Å². The molecule has 2 N–H and O–H groups in total. The zero-order valence-electron chi connectivity index (χ0n) is 13.7. The molecule has 0 radical (unpaired) electrons. The minimum absolute atomic E-state index is 0.0240. The van der Waals surface area contributed by atoms with Crippen LogP contribution in [0.4, 0.5) is 18.9 Å². The Hall–Kier alpha value is -2.35. The molecule has 0 fully saturated rings. The molecule has 2 amide bonds. The molecule has 1 heterocycles. The van der Waals surface area contributed by atoms with Crippen LogP contribution in [0.3, 0.4) is 0 Å². The number of amides is 2. The molecule has 0 atom stereocenters. The van der Waals surface area contributed by atoms with E-state index in [0.717, 1.165) is 16.9 Å². The molecule has 25 heavy (non-hydrogen) atoms. The number of hydrogen-bond donors (Lipinski definition) is 2. The lowest BCUT2D eigenvalue weighted by Crippen LogP contribution is -2.34. The number of hydrogen-bond acceptors (Lipinski definition) is 3. The molecule has 0 aliphatic heterocycles. The molecule has 0 aliphatic carbocycles. The summed E-state index contributed by atoms with van der Waals surface area (Å²) < 4.78 is 36.8. The highest BCUT2D eigenvalue weighted by atomic mass is 32.1. The van der Waals surface area contributed by atoms with E-state index in [4.69, 9.17) is 0 Å². The third-order valence-corrected chi connectivity index (χ3v) is 4.81. The summed E-state index contributed by atoms with van der Waals surface area (Å²) in [5.74, 6) is -1.30. The number of alkyl halides is 3. The van der Waals surface area contributed by atoms with Gasteiger partial charge in [-0.2, -0.15) is 13.2 Å². The van der Waals surface area contributed by atoms with Gasteiger partial charge in [0.1, 0.15) is 6.54 Å². The van der Waals surface area contributed by atoms with Gasteiger partial charge in [0, 0.05) is 4.88 Å². The van der Waals surface area contributed by atoms with Crippen molar-refractivity contribution in [2.45, 2.75) is 26.4 Å². The van der Waals surface area contributed by atoms with E-state index < -0.39 is 24.5 Å². The number of carbonyl (C=O) groups is 2. The van der Waals surface area contributed by atoms with Crippen molar-refractivity contribution < 1.29 is 22.8 Å². The van der Waals surface area contributed by atoms with Crippen LogP contribution < -0.4 is 10.6 Å². The van der Waals surface area contributed by atoms with Crippen molar-refractivity contribution in [2.75, 3.05) is 11.9 Å². The number of rotatable bonds is 5. The standard InChI is InChI=1S/C17H17F3N2O2S/c1-3-13-10(2)8-14(25-13)16(24)22-12-7-5-4-6-11(12)15(23)21-9-17(18,19)20/h4-8H,3,9H2,1-2H3,(H,21,23)(H,22,24). The van der Waals surface area contributed by atoms with E-state index in [0.29, 0.717) is 4.88 Å². The van der Waals surface area contributed by atoms with Crippen molar-refractivity contribution >= 4 is 28.8 Å². The fourth-order valence-corrected chi connectivity index (χ4v) is 3.24. The summed E-state index contributed by atoms with van der Waals surface area (Å²) in [6.45, 7) is 2.46. The van der Waals surface area contributed by atoms with Gasteiger partial charge in [-0.3, -0.25) is 9.59 Å². The predicted molar refractivity (Wildman–Crippen MR) is 91.2 cm³/mol. The van der Waals surface area contributed by atoms with Crippen LogP contribution in [0.1, 0.15) is 37.4 Å². The number of thiophene rings is 1. The Morgan fingerprint density at radius 2 is 1.84 bits per heavy atom. The lowest BCUT2D eigenvalue weighted by atomic mass is 10.1. The zero-order valence-corrected chi connectivity index (χ0v) is 14.5. The summed E-state index contributed by atoms with van der Waals surface area (Å²) in [6.07, 6.45) is -3.70. The number of aryl methyl sites for hydroxylation is 2. The van der Waals surface area contributed by atoms with E-state index >= 15 is 0 Å². The second-order valence-corrected chi connectivity index (χ2v) is 6.50. The smallest absolute Gasteiger partial charge is 0.343 e. The maximum absolute atomic E-state index is 12.4. The Balaban J connectivity index is 2.17. The largest absolute Gasteiger partial charge is 0.405 e. The minimum Gasteiger partial charge on any atom is -0.343 e. The average molecular weight is 370 g/mol. The molecular formula is C17H17F3N2O2S. The Morgan fingerprint density at radius 3 is 2.44 bits per heavy atom. The quantitative estimate of drug-likeness (QED) is 0.830. The molecule has 1 aromatic carbocycles. The topological polar surface area (TPSA) is 58.2 Å². The molecule has 0 bridgehead atoms. The van der Waals surface area contributed by atoms with Crippen LogP contribution in [0.5, 0.6) is 0 Å². The molecule has 134 valence electrons. The molecule has 0 saturated heterocycles. The van der Waals surface area contributed by atoms with E-state index in [1.165, 1.54) is 29.5 Å². The van der Waals surface area contributed by atoms with Crippen LogP contribution in [0, 0.1) is 6.92 Å². The van der Waals surface area contributed by atoms with Crippen molar-refractivity contribution in [1.29, 1.82) is 0 Å². The fourth-order valence-electron chi connectivity index (χ4n) is 2.23. The number of nitrogens with one attached hydrogen (secondary N) is 2. The van der Waals surface area contributed by atoms with Crippen molar-refractivity contribution in [1.82, 2.24) is 5.32 Å². The second kappa shape index (κ2) is 7.69.